The molecule has 0 aromatic heterocycles. The summed E-state index contributed by atoms with van der Waals surface area (Å²) in [7, 11) is 0. The first-order chi connectivity index (χ1) is 3.30. The Balaban J connectivity index is 2.33. The first kappa shape index (κ1) is 5.54. The quantitative estimate of drug-likeness (QED) is 0.520. The van der Waals surface area contributed by atoms with E-state index in [2.05, 4.69) is 15.9 Å². The van der Waals surface area contributed by atoms with Gasteiger partial charge in [-0.25, -0.2) is 0 Å². The van der Waals surface area contributed by atoms with E-state index in [9.17, 15) is 0 Å². The minimum atomic E-state index is -0.292. The van der Waals surface area contributed by atoms with Gasteiger partial charge in [0.15, 0.2) is 0 Å². The number of hydrogen-bond acceptors (Lipinski definition) is 2. The van der Waals surface area contributed by atoms with Crippen LogP contribution in [0.25, 0.3) is 0 Å². The van der Waals surface area contributed by atoms with Crippen LogP contribution in [0.5, 0.6) is 0 Å². The average molecular weight is 167 g/mol. The maximum absolute atomic E-state index is 8.83. The summed E-state index contributed by atoms with van der Waals surface area (Å²) in [5.74, 6) is 0. The van der Waals surface area contributed by atoms with Gasteiger partial charge in [-0.05, 0) is 0 Å². The Labute approximate surface area is 50.6 Å². The van der Waals surface area contributed by atoms with Crippen molar-refractivity contribution in [2.75, 3.05) is 13.2 Å². The van der Waals surface area contributed by atoms with Crippen LogP contribution in [0.3, 0.4) is 0 Å². The highest BCUT2D eigenvalue weighted by atomic mass is 79.9. The summed E-state index contributed by atoms with van der Waals surface area (Å²) < 4.78 is 4.87. The number of alkyl halides is 1. The van der Waals surface area contributed by atoms with E-state index in [4.69, 9.17) is 9.84 Å². The van der Waals surface area contributed by atoms with E-state index in [0.717, 1.165) is 0 Å². The number of hydrogen-bond donors (Lipinski definition) is 1. The molecule has 1 aliphatic heterocycles. The van der Waals surface area contributed by atoms with Crippen molar-refractivity contribution in [2.24, 2.45) is 0 Å². The fourth-order valence-electron chi connectivity index (χ4n) is 0.517. The summed E-state index contributed by atoms with van der Waals surface area (Å²) in [5.41, 5.74) is 0. The second-order valence-corrected chi connectivity index (χ2v) is 2.80. The number of ether oxygens (including phenoxy) is 1. The minimum Gasteiger partial charge on any atom is -0.389 e. The van der Waals surface area contributed by atoms with Gasteiger partial charge in [0, 0.05) is 0 Å². The number of rotatable bonds is 0. The Morgan fingerprint density at radius 2 is 2.29 bits per heavy atom. The zero-order chi connectivity index (χ0) is 5.28. The number of aliphatic hydroxyl groups is 1. The van der Waals surface area contributed by atoms with Gasteiger partial charge < -0.3 is 9.84 Å². The summed E-state index contributed by atoms with van der Waals surface area (Å²) in [6, 6.07) is 0. The molecule has 1 heterocycles. The van der Waals surface area contributed by atoms with Crippen molar-refractivity contribution in [3.05, 3.63) is 0 Å². The van der Waals surface area contributed by atoms with E-state index in [1.165, 1.54) is 0 Å². The molecule has 0 aromatic rings. The van der Waals surface area contributed by atoms with Crippen LogP contribution in [0.1, 0.15) is 0 Å². The molecular weight excluding hydrogens is 160 g/mol. The molecule has 0 spiro atoms. The van der Waals surface area contributed by atoms with E-state index in [0.29, 0.717) is 13.2 Å². The highest BCUT2D eigenvalue weighted by Gasteiger charge is 2.22. The topological polar surface area (TPSA) is 29.5 Å². The predicted molar refractivity (Wildman–Crippen MR) is 29.5 cm³/mol. The lowest BCUT2D eigenvalue weighted by atomic mass is 10.3. The molecule has 0 aromatic carbocycles. The minimum absolute atomic E-state index is 0.160. The number of halogens is 1. The van der Waals surface area contributed by atoms with Crippen LogP contribution in [0, 0.1) is 0 Å². The monoisotopic (exact) mass is 166 g/mol. The van der Waals surface area contributed by atoms with Crippen molar-refractivity contribution < 1.29 is 9.84 Å². The van der Waals surface area contributed by atoms with Crippen LogP contribution in [0.15, 0.2) is 0 Å². The van der Waals surface area contributed by atoms with Crippen LogP contribution in [-0.2, 0) is 4.74 Å². The molecule has 2 nitrogen and oxygen atoms in total. The van der Waals surface area contributed by atoms with Gasteiger partial charge >= 0.3 is 0 Å². The molecule has 1 fully saturated rings. The summed E-state index contributed by atoms with van der Waals surface area (Å²) in [5, 5.41) is 8.83. The fraction of sp³-hybridized carbons (Fsp3) is 1.00. The van der Waals surface area contributed by atoms with Crippen LogP contribution < -0.4 is 0 Å². The first-order valence-electron chi connectivity index (χ1n) is 2.20. The molecule has 0 bridgehead atoms. The SMILES string of the molecule is OC1COC[C@H]1Br. The lowest BCUT2D eigenvalue weighted by Gasteiger charge is -1.98. The van der Waals surface area contributed by atoms with Gasteiger partial charge in [-0.15, -0.1) is 0 Å². The molecule has 0 saturated carbocycles. The van der Waals surface area contributed by atoms with E-state index >= 15 is 0 Å². The van der Waals surface area contributed by atoms with Crippen molar-refractivity contribution in [1.82, 2.24) is 0 Å². The molecule has 7 heavy (non-hydrogen) atoms. The molecule has 0 amide bonds. The van der Waals surface area contributed by atoms with Crippen molar-refractivity contribution in [2.45, 2.75) is 10.9 Å². The second kappa shape index (κ2) is 2.11. The molecule has 2 atom stereocenters. The highest BCUT2D eigenvalue weighted by molar-refractivity contribution is 9.09. The Bertz CT molecular complexity index is 58.7. The van der Waals surface area contributed by atoms with Gasteiger partial charge in [0.2, 0.25) is 0 Å². The predicted octanol–water partition coefficient (Wildman–Crippen LogP) is 0.141. The zero-order valence-corrected chi connectivity index (χ0v) is 5.39. The molecule has 42 valence electrons. The van der Waals surface area contributed by atoms with Crippen molar-refractivity contribution in [3.8, 4) is 0 Å². The van der Waals surface area contributed by atoms with Crippen LogP contribution in [-0.4, -0.2) is 29.3 Å². The van der Waals surface area contributed by atoms with Gasteiger partial charge in [-0.1, -0.05) is 15.9 Å². The third-order valence-corrected chi connectivity index (χ3v) is 1.86. The van der Waals surface area contributed by atoms with Crippen molar-refractivity contribution in [3.63, 3.8) is 0 Å². The molecular formula is C4H7BrO2. The van der Waals surface area contributed by atoms with Crippen LogP contribution in [0.2, 0.25) is 0 Å². The third kappa shape index (κ3) is 1.15. The summed E-state index contributed by atoms with van der Waals surface area (Å²) in [4.78, 5) is 0.160. The van der Waals surface area contributed by atoms with Gasteiger partial charge in [-0.2, -0.15) is 0 Å². The average Bonchev–Trinajstić information content (AvgIpc) is 1.91. The first-order valence-corrected chi connectivity index (χ1v) is 3.12. The Hall–Kier alpha value is 0.400. The smallest absolute Gasteiger partial charge is 0.0920 e. The molecule has 0 aliphatic carbocycles. The maximum atomic E-state index is 8.83. The normalized spacial score (nSPS) is 42.0. The molecule has 1 unspecified atom stereocenters. The molecule has 0 radical (unpaired) electrons. The number of aliphatic hydroxyl groups excluding tert-OH is 1. The van der Waals surface area contributed by atoms with E-state index in [-0.39, 0.29) is 10.9 Å². The maximum Gasteiger partial charge on any atom is 0.0920 e. The van der Waals surface area contributed by atoms with E-state index in [1.807, 2.05) is 0 Å². The zero-order valence-electron chi connectivity index (χ0n) is 3.80. The van der Waals surface area contributed by atoms with Gasteiger partial charge in [-0.3, -0.25) is 0 Å². The van der Waals surface area contributed by atoms with Crippen LogP contribution in [0.4, 0.5) is 0 Å². The van der Waals surface area contributed by atoms with Crippen molar-refractivity contribution in [1.29, 1.82) is 0 Å². The largest absolute Gasteiger partial charge is 0.389 e. The third-order valence-electron chi connectivity index (χ3n) is 0.983. The van der Waals surface area contributed by atoms with E-state index in [1.54, 1.807) is 0 Å². The van der Waals surface area contributed by atoms with Crippen LogP contribution >= 0.6 is 15.9 Å². The lowest BCUT2D eigenvalue weighted by molar-refractivity contribution is 0.127. The van der Waals surface area contributed by atoms with E-state index < -0.39 is 0 Å². The summed E-state index contributed by atoms with van der Waals surface area (Å²) >= 11 is 3.23. The molecule has 1 N–H and O–H groups in total. The Morgan fingerprint density at radius 3 is 2.43 bits per heavy atom. The van der Waals surface area contributed by atoms with Gasteiger partial charge in [0.05, 0.1) is 24.1 Å². The highest BCUT2D eigenvalue weighted by Crippen LogP contribution is 2.12. The second-order valence-electron chi connectivity index (χ2n) is 1.62. The molecule has 1 rings (SSSR count). The van der Waals surface area contributed by atoms with Crippen molar-refractivity contribution >= 4 is 15.9 Å². The molecule has 1 aliphatic rings. The lowest BCUT2D eigenvalue weighted by Crippen LogP contribution is -2.16. The molecule has 1 saturated heterocycles. The molecule has 3 heteroatoms. The summed E-state index contributed by atoms with van der Waals surface area (Å²) in [6.07, 6.45) is -0.292. The Morgan fingerprint density at radius 1 is 1.57 bits per heavy atom. The standard InChI is InChI=1S/C4H7BrO2/c5-3-1-7-2-4(3)6/h3-4,6H,1-2H2/t3-,4?/m1/s1. The summed E-state index contributed by atoms with van der Waals surface area (Å²) in [6.45, 7) is 1.12. The van der Waals surface area contributed by atoms with Gasteiger partial charge in [0.1, 0.15) is 0 Å². The van der Waals surface area contributed by atoms with Gasteiger partial charge in [0.25, 0.3) is 0 Å². The Kier molecular flexibility index (Phi) is 1.67. The fourth-order valence-corrected chi connectivity index (χ4v) is 0.856.